The molecule has 2 heteroatoms. The Morgan fingerprint density at radius 3 is 1.63 bits per heavy atom. The van der Waals surface area contributed by atoms with E-state index in [9.17, 15) is 15.1 Å². The molecule has 0 N–H and O–H groups in total. The van der Waals surface area contributed by atoms with Crippen molar-refractivity contribution in [3.8, 4) is 33.4 Å². The van der Waals surface area contributed by atoms with Crippen molar-refractivity contribution in [2.24, 2.45) is 0 Å². The summed E-state index contributed by atoms with van der Waals surface area (Å²) in [4.78, 5) is 0.272. The number of anilines is 3. The lowest BCUT2D eigenvalue weighted by atomic mass is 9.97. The van der Waals surface area contributed by atoms with Gasteiger partial charge in [-0.2, -0.15) is 0 Å². The summed E-state index contributed by atoms with van der Waals surface area (Å²) in [5.74, 6) is 0. The minimum atomic E-state index is -1.37. The molecule has 0 spiro atoms. The molecule has 0 atom stereocenters. The van der Waals surface area contributed by atoms with Gasteiger partial charge in [0.25, 0.3) is 0 Å². The largest absolute Gasteiger partial charge is 0.455 e. The summed E-state index contributed by atoms with van der Waals surface area (Å²) in [6.07, 6.45) is 0. The van der Waals surface area contributed by atoms with E-state index >= 15 is 0 Å². The van der Waals surface area contributed by atoms with E-state index < -0.39 is 293 Å². The number of rotatable bonds is 6. The second kappa shape index (κ2) is 12.5. The summed E-state index contributed by atoms with van der Waals surface area (Å²) >= 11 is 0. The maximum Gasteiger partial charge on any atom is 0.143 e. The molecule has 0 radical (unpaired) electrons. The highest BCUT2D eigenvalue weighted by Crippen LogP contribution is 2.45. The molecule has 0 aliphatic rings. The Kier molecular flexibility index (Phi) is 2.77. The van der Waals surface area contributed by atoms with Crippen LogP contribution in [0.3, 0.4) is 0 Å². The maximum absolute atomic E-state index is 9.78. The van der Waals surface area contributed by atoms with Gasteiger partial charge in [-0.05, 0) is 74.7 Å². The molecule has 0 unspecified atom stereocenters. The van der Waals surface area contributed by atoms with Crippen LogP contribution in [-0.2, 0) is 0 Å². The van der Waals surface area contributed by atoms with E-state index in [0.717, 1.165) is 0 Å². The molecule has 1 heterocycles. The van der Waals surface area contributed by atoms with Crippen LogP contribution < -0.4 is 4.90 Å². The summed E-state index contributed by atoms with van der Waals surface area (Å²) in [7, 11) is 0. The third-order valence-electron chi connectivity index (χ3n) is 7.86. The average Bonchev–Trinajstić information content (AvgIpc) is 2.62. The van der Waals surface area contributed by atoms with Gasteiger partial charge in [0, 0.05) is 38.7 Å². The fourth-order valence-electron chi connectivity index (χ4n) is 5.56. The number of benzene rings is 9. The van der Waals surface area contributed by atoms with E-state index in [-0.39, 0.29) is 4.90 Å². The first kappa shape index (κ1) is 11.6. The predicted octanol–water partition coefficient (Wildman–Crippen LogP) is 14.4. The molecule has 2 nitrogen and oxygen atoms in total. The Morgan fingerprint density at radius 1 is 0.327 bits per heavy atom. The first-order valence-electron chi connectivity index (χ1n) is 31.6. The van der Waals surface area contributed by atoms with Crippen LogP contribution in [0.25, 0.3) is 76.9 Å². The van der Waals surface area contributed by atoms with Gasteiger partial charge >= 0.3 is 0 Å². The van der Waals surface area contributed by atoms with Crippen LogP contribution in [0.2, 0.25) is 0 Å². The topological polar surface area (TPSA) is 16.4 Å². The van der Waals surface area contributed by atoms with Crippen LogP contribution in [-0.4, -0.2) is 0 Å². The average molecular weight is 697 g/mol. The normalized spacial score (nSPS) is 20.3. The van der Waals surface area contributed by atoms with E-state index in [0.29, 0.717) is 0 Å². The fourth-order valence-corrected chi connectivity index (χ4v) is 5.56. The lowest BCUT2D eigenvalue weighted by Gasteiger charge is -2.28. The zero-order valence-electron chi connectivity index (χ0n) is 58.9. The second-order valence-electron chi connectivity index (χ2n) is 10.8. The zero-order valence-corrected chi connectivity index (χ0v) is 25.9. The first-order valence-corrected chi connectivity index (χ1v) is 15.1. The standard InChI is InChI=1S/C50H33NO/c1-2-12-34(13-3-1)35-24-29-39(30-25-35)51(40-31-26-38(27-32-40)42-20-10-16-36-14-4-6-17-41(36)42)48-23-9-8-19-44(48)45-21-11-22-46-47-33-28-37-15-5-7-18-43(37)49(47)52-50(45)46/h1-33H/i1D,2D,3D,4D,5D,6D,7D,8D,9D,10D,11D,12D,13D,14D,15D,16D,17D,18D,19D,20D,21D,22D,23D,24D,25D,26D,27D,28D,29D,30D,31D,32D,33D. The smallest absolute Gasteiger partial charge is 0.143 e. The highest BCUT2D eigenvalue weighted by molar-refractivity contribution is 6.17. The molecule has 1 aromatic heterocycles. The van der Waals surface area contributed by atoms with Gasteiger partial charge in [0.2, 0.25) is 0 Å². The number of hydrogen-bond acceptors (Lipinski definition) is 2. The van der Waals surface area contributed by atoms with Crippen molar-refractivity contribution < 1.29 is 49.7 Å². The quantitative estimate of drug-likeness (QED) is 0.172. The van der Waals surface area contributed by atoms with Gasteiger partial charge in [-0.1, -0.05) is 163 Å². The zero-order chi connectivity index (χ0) is 63.2. The Hall–Kier alpha value is -6.90. The van der Waals surface area contributed by atoms with Crippen molar-refractivity contribution in [1.29, 1.82) is 0 Å². The third kappa shape index (κ3) is 5.04. The molecule has 0 fully saturated rings. The number of fused-ring (bicyclic) bond motifs is 6. The van der Waals surface area contributed by atoms with E-state index in [1.54, 1.807) is 0 Å². The van der Waals surface area contributed by atoms with Gasteiger partial charge in [-0.15, -0.1) is 0 Å². The number of para-hydroxylation sites is 2. The van der Waals surface area contributed by atoms with Crippen LogP contribution in [0.4, 0.5) is 17.1 Å². The van der Waals surface area contributed by atoms with Gasteiger partial charge < -0.3 is 9.32 Å². The lowest BCUT2D eigenvalue weighted by molar-refractivity contribution is 0.674. The molecule has 0 aliphatic heterocycles. The highest BCUT2D eigenvalue weighted by Gasteiger charge is 2.21. The molecule has 244 valence electrons. The SMILES string of the molecule is [2H]c1c([2H])c([2H])c(-c2c([2H])c([2H])c(N(c3c([2H])c([2H])c(-c4c([2H])c([2H])c([2H])c5c([2H])c([2H])c([2H])c([2H])c45)c([2H])c3[2H])c3c([2H])c([2H])c([2H])c([2H])c3-c3c([2H])c([2H])c([2H])c4c3oc3c5c([2H])c([2H])c([2H])c([2H])c5c([2H])c([2H])c34)c([2H])c2[2H])c([2H])c1[2H]. The summed E-state index contributed by atoms with van der Waals surface area (Å²) < 4.78 is 304. The Labute approximate surface area is 348 Å². The molecule has 0 aliphatic carbocycles. The molecule has 0 bridgehead atoms. The Bertz CT molecular complexity index is 4720. The van der Waals surface area contributed by atoms with Crippen molar-refractivity contribution in [2.45, 2.75) is 0 Å². The van der Waals surface area contributed by atoms with E-state index in [4.69, 9.17) is 34.6 Å². The minimum absolute atomic E-state index is 0.272. The van der Waals surface area contributed by atoms with Crippen LogP contribution in [0, 0.1) is 0 Å². The molecule has 9 aromatic carbocycles. The monoisotopic (exact) mass is 696 g/mol. The van der Waals surface area contributed by atoms with Crippen LogP contribution in [0.15, 0.2) is 204 Å². The summed E-state index contributed by atoms with van der Waals surface area (Å²) in [6, 6.07) is -35.4. The Balaban J connectivity index is 1.46. The molecular weight excluding hydrogens is 631 g/mol. The summed E-state index contributed by atoms with van der Waals surface area (Å²) in [6.45, 7) is 0. The maximum atomic E-state index is 9.78. The van der Waals surface area contributed by atoms with Crippen LogP contribution in [0.1, 0.15) is 45.2 Å². The molecule has 10 aromatic rings. The van der Waals surface area contributed by atoms with Crippen molar-refractivity contribution >= 4 is 60.5 Å². The number of nitrogens with zero attached hydrogens (tertiary/aromatic N) is 1. The van der Waals surface area contributed by atoms with Crippen molar-refractivity contribution in [3.05, 3.63) is 199 Å². The molecule has 10 rings (SSSR count). The van der Waals surface area contributed by atoms with Crippen molar-refractivity contribution in [3.63, 3.8) is 0 Å². The highest BCUT2D eigenvalue weighted by atomic mass is 16.3. The van der Waals surface area contributed by atoms with E-state index in [1.807, 2.05) is 0 Å². The van der Waals surface area contributed by atoms with E-state index in [2.05, 4.69) is 0 Å². The predicted molar refractivity (Wildman–Crippen MR) is 220 cm³/mol. The fraction of sp³-hybridized carbons (Fsp3) is 0. The van der Waals surface area contributed by atoms with Crippen molar-refractivity contribution in [2.75, 3.05) is 4.90 Å². The van der Waals surface area contributed by atoms with Crippen LogP contribution in [0.5, 0.6) is 0 Å². The third-order valence-corrected chi connectivity index (χ3v) is 7.86. The van der Waals surface area contributed by atoms with Gasteiger partial charge in [-0.25, -0.2) is 0 Å². The number of furan rings is 1. The summed E-state index contributed by atoms with van der Waals surface area (Å²) in [5, 5.41) is -3.76. The van der Waals surface area contributed by atoms with Gasteiger partial charge in [0.05, 0.1) is 50.9 Å². The number of hydrogen-bond donors (Lipinski definition) is 0. The molecule has 52 heavy (non-hydrogen) atoms. The molecule has 0 saturated heterocycles. The second-order valence-corrected chi connectivity index (χ2v) is 10.8. The van der Waals surface area contributed by atoms with Gasteiger partial charge in [0.1, 0.15) is 11.2 Å². The minimum Gasteiger partial charge on any atom is -0.455 e. The lowest BCUT2D eigenvalue weighted by Crippen LogP contribution is -2.11. The van der Waals surface area contributed by atoms with Crippen molar-refractivity contribution in [1.82, 2.24) is 0 Å². The van der Waals surface area contributed by atoms with Gasteiger partial charge in [-0.3, -0.25) is 0 Å². The molecule has 0 saturated carbocycles. The molecule has 0 amide bonds. The van der Waals surface area contributed by atoms with Gasteiger partial charge in [0.15, 0.2) is 0 Å². The van der Waals surface area contributed by atoms with Crippen LogP contribution >= 0.6 is 0 Å². The molecular formula is C50H33NO. The Morgan fingerprint density at radius 2 is 0.846 bits per heavy atom. The van der Waals surface area contributed by atoms with E-state index in [1.165, 1.54) is 0 Å². The summed E-state index contributed by atoms with van der Waals surface area (Å²) in [5.41, 5.74) is -11.0. The first-order chi connectivity index (χ1) is 39.5.